The van der Waals surface area contributed by atoms with Crippen molar-refractivity contribution < 1.29 is 18.3 Å². The summed E-state index contributed by atoms with van der Waals surface area (Å²) in [6, 6.07) is 11.4. The van der Waals surface area contributed by atoms with Crippen LogP contribution >= 0.6 is 0 Å². The molecule has 3 aromatic rings. The number of para-hydroxylation sites is 1. The van der Waals surface area contributed by atoms with E-state index in [2.05, 4.69) is 20.5 Å². The maximum absolute atomic E-state index is 13.0. The molecule has 0 amide bonds. The number of phenolic OH excluding ortho intramolecular Hbond substituents is 1. The second-order valence-corrected chi connectivity index (χ2v) is 5.74. The number of rotatable bonds is 3. The van der Waals surface area contributed by atoms with Gasteiger partial charge < -0.3 is 5.11 Å². The highest BCUT2D eigenvalue weighted by Gasteiger charge is 2.35. The van der Waals surface area contributed by atoms with Crippen LogP contribution in [0.15, 0.2) is 47.6 Å². The summed E-state index contributed by atoms with van der Waals surface area (Å²) in [5.41, 5.74) is 4.53. The highest BCUT2D eigenvalue weighted by molar-refractivity contribution is 6.02. The average molecular weight is 360 g/mol. The van der Waals surface area contributed by atoms with Gasteiger partial charge in [-0.3, -0.25) is 5.43 Å². The normalized spacial score (nSPS) is 12.4. The molecule has 0 saturated heterocycles. The molecular weight excluding hydrogens is 345 g/mol. The van der Waals surface area contributed by atoms with Crippen LogP contribution < -0.4 is 5.43 Å². The summed E-state index contributed by atoms with van der Waals surface area (Å²) < 4.78 is 39.1. The molecule has 3 rings (SSSR count). The molecule has 0 aliphatic heterocycles. The number of phenols is 1. The number of nitrogens with zero attached hydrogens (tertiary/aromatic N) is 3. The minimum absolute atomic E-state index is 0.0298. The molecule has 0 aliphatic carbocycles. The third kappa shape index (κ3) is 3.58. The van der Waals surface area contributed by atoms with E-state index in [4.69, 9.17) is 0 Å². The Bertz CT molecular complexity index is 999. The van der Waals surface area contributed by atoms with E-state index in [1.165, 1.54) is 12.1 Å². The van der Waals surface area contributed by atoms with Crippen LogP contribution in [0.25, 0.3) is 10.9 Å². The van der Waals surface area contributed by atoms with Crippen LogP contribution in [0.2, 0.25) is 0 Å². The Balaban J connectivity index is 2.04. The Kier molecular flexibility index (Phi) is 4.50. The van der Waals surface area contributed by atoms with E-state index in [0.717, 1.165) is 5.56 Å². The predicted octanol–water partition coefficient (Wildman–Crippen LogP) is 4.50. The molecule has 26 heavy (non-hydrogen) atoms. The van der Waals surface area contributed by atoms with Crippen LogP contribution in [0.1, 0.15) is 23.9 Å². The molecule has 0 atom stereocenters. The van der Waals surface area contributed by atoms with Crippen LogP contribution in [-0.2, 0) is 6.18 Å². The molecule has 134 valence electrons. The van der Waals surface area contributed by atoms with Crippen molar-refractivity contribution in [2.24, 2.45) is 5.10 Å². The van der Waals surface area contributed by atoms with E-state index in [-0.39, 0.29) is 17.1 Å². The van der Waals surface area contributed by atoms with E-state index in [9.17, 15) is 18.3 Å². The number of hydrazone groups is 1. The largest absolute Gasteiger partial charge is 0.507 e. The SMILES string of the molecule is C/C(=N\Nc1nc(C(F)(F)F)nc2ccccc12)c1cc(C)ccc1O. The zero-order valence-corrected chi connectivity index (χ0v) is 14.0. The third-order valence-corrected chi connectivity index (χ3v) is 3.73. The Labute approximate surface area is 147 Å². The number of aromatic hydroxyl groups is 1. The molecule has 5 nitrogen and oxygen atoms in total. The second-order valence-electron chi connectivity index (χ2n) is 5.74. The number of fused-ring (bicyclic) bond motifs is 1. The highest BCUT2D eigenvalue weighted by Crippen LogP contribution is 2.30. The first-order chi connectivity index (χ1) is 12.3. The molecule has 0 unspecified atom stereocenters. The number of hydrogen-bond donors (Lipinski definition) is 2. The van der Waals surface area contributed by atoms with Crippen molar-refractivity contribution in [2.45, 2.75) is 20.0 Å². The summed E-state index contributed by atoms with van der Waals surface area (Å²) in [7, 11) is 0. The minimum Gasteiger partial charge on any atom is -0.507 e. The molecule has 0 spiro atoms. The fourth-order valence-electron chi connectivity index (χ4n) is 2.43. The lowest BCUT2D eigenvalue weighted by Crippen LogP contribution is -2.13. The number of halogens is 3. The van der Waals surface area contributed by atoms with Crippen molar-refractivity contribution in [2.75, 3.05) is 5.43 Å². The highest BCUT2D eigenvalue weighted by atomic mass is 19.4. The van der Waals surface area contributed by atoms with Crippen molar-refractivity contribution in [3.05, 3.63) is 59.4 Å². The van der Waals surface area contributed by atoms with Gasteiger partial charge >= 0.3 is 6.18 Å². The predicted molar refractivity (Wildman–Crippen MR) is 93.2 cm³/mol. The number of alkyl halides is 3. The Morgan fingerprint density at radius 3 is 2.58 bits per heavy atom. The molecule has 0 saturated carbocycles. The van der Waals surface area contributed by atoms with E-state index < -0.39 is 12.0 Å². The van der Waals surface area contributed by atoms with E-state index >= 15 is 0 Å². The summed E-state index contributed by atoms with van der Waals surface area (Å²) in [4.78, 5) is 7.11. The van der Waals surface area contributed by atoms with Gasteiger partial charge in [-0.2, -0.15) is 18.3 Å². The maximum Gasteiger partial charge on any atom is 0.451 e. The summed E-state index contributed by atoms with van der Waals surface area (Å²) in [6.07, 6.45) is -4.67. The number of aryl methyl sites for hydroxylation is 1. The quantitative estimate of drug-likeness (QED) is 0.533. The van der Waals surface area contributed by atoms with Gasteiger partial charge in [0.1, 0.15) is 5.75 Å². The van der Waals surface area contributed by atoms with Gasteiger partial charge in [-0.05, 0) is 38.1 Å². The van der Waals surface area contributed by atoms with Crippen LogP contribution in [0.5, 0.6) is 5.75 Å². The monoisotopic (exact) mass is 360 g/mol. The molecule has 0 aliphatic rings. The maximum atomic E-state index is 13.0. The number of nitrogens with one attached hydrogen (secondary N) is 1. The summed E-state index contributed by atoms with van der Waals surface area (Å²) in [5.74, 6) is -1.28. The summed E-state index contributed by atoms with van der Waals surface area (Å²) in [5, 5.41) is 14.4. The fourth-order valence-corrected chi connectivity index (χ4v) is 2.43. The topological polar surface area (TPSA) is 70.4 Å². The van der Waals surface area contributed by atoms with Crippen LogP contribution in [-0.4, -0.2) is 20.8 Å². The Hall–Kier alpha value is -3.16. The second kappa shape index (κ2) is 6.62. The standard InChI is InChI=1S/C18H15F3N4O/c1-10-7-8-15(26)13(9-10)11(2)24-25-16-12-5-3-4-6-14(12)22-17(23-16)18(19,20)21/h3-9,26H,1-2H3,(H,22,23,25)/b24-11+. The molecule has 0 radical (unpaired) electrons. The van der Waals surface area contributed by atoms with Gasteiger partial charge in [0, 0.05) is 10.9 Å². The Morgan fingerprint density at radius 2 is 1.85 bits per heavy atom. The molecule has 1 heterocycles. The zero-order valence-electron chi connectivity index (χ0n) is 14.0. The van der Waals surface area contributed by atoms with Gasteiger partial charge in [-0.1, -0.05) is 23.8 Å². The molecule has 2 N–H and O–H groups in total. The average Bonchev–Trinajstić information content (AvgIpc) is 2.60. The van der Waals surface area contributed by atoms with Crippen LogP contribution in [0.3, 0.4) is 0 Å². The zero-order chi connectivity index (χ0) is 18.9. The van der Waals surface area contributed by atoms with Gasteiger partial charge in [0.15, 0.2) is 5.82 Å². The van der Waals surface area contributed by atoms with Gasteiger partial charge in [0.05, 0.1) is 11.2 Å². The smallest absolute Gasteiger partial charge is 0.451 e. The van der Waals surface area contributed by atoms with Gasteiger partial charge in [0.25, 0.3) is 0 Å². The van der Waals surface area contributed by atoms with Gasteiger partial charge in [0.2, 0.25) is 5.82 Å². The van der Waals surface area contributed by atoms with Crippen molar-refractivity contribution in [3.63, 3.8) is 0 Å². The van der Waals surface area contributed by atoms with Crippen molar-refractivity contribution >= 4 is 22.4 Å². The number of anilines is 1. The lowest BCUT2D eigenvalue weighted by Gasteiger charge is -2.11. The van der Waals surface area contributed by atoms with E-state index in [1.54, 1.807) is 37.3 Å². The molecule has 2 aromatic carbocycles. The van der Waals surface area contributed by atoms with Crippen molar-refractivity contribution in [1.29, 1.82) is 0 Å². The molecular formula is C18H15F3N4O. The van der Waals surface area contributed by atoms with E-state index in [0.29, 0.717) is 16.7 Å². The molecule has 0 bridgehead atoms. The lowest BCUT2D eigenvalue weighted by molar-refractivity contribution is -0.144. The first-order valence-electron chi connectivity index (χ1n) is 7.70. The van der Waals surface area contributed by atoms with Crippen LogP contribution in [0, 0.1) is 6.92 Å². The number of hydrogen-bond acceptors (Lipinski definition) is 5. The van der Waals surface area contributed by atoms with Gasteiger partial charge in [-0.25, -0.2) is 9.97 Å². The summed E-state index contributed by atoms with van der Waals surface area (Å²) in [6.45, 7) is 3.49. The lowest BCUT2D eigenvalue weighted by atomic mass is 10.1. The third-order valence-electron chi connectivity index (χ3n) is 3.73. The summed E-state index contributed by atoms with van der Waals surface area (Å²) >= 11 is 0. The fraction of sp³-hybridized carbons (Fsp3) is 0.167. The van der Waals surface area contributed by atoms with Crippen LogP contribution in [0.4, 0.5) is 19.0 Å². The van der Waals surface area contributed by atoms with Crippen molar-refractivity contribution in [3.8, 4) is 5.75 Å². The Morgan fingerprint density at radius 1 is 1.12 bits per heavy atom. The number of aromatic nitrogens is 2. The van der Waals surface area contributed by atoms with Crippen molar-refractivity contribution in [1.82, 2.24) is 9.97 Å². The number of benzene rings is 2. The molecule has 0 fully saturated rings. The van der Waals surface area contributed by atoms with E-state index in [1.807, 2.05) is 6.92 Å². The molecule has 1 aromatic heterocycles. The van der Waals surface area contributed by atoms with Gasteiger partial charge in [-0.15, -0.1) is 0 Å². The first kappa shape index (κ1) is 17.7. The molecule has 8 heteroatoms. The minimum atomic E-state index is -4.67. The first-order valence-corrected chi connectivity index (χ1v) is 7.70.